The van der Waals surface area contributed by atoms with Crippen molar-refractivity contribution in [2.75, 3.05) is 11.8 Å². The standard InChI is InChI=1S/C14H16N2O3S/c1-3-11-10-13(4-5-14(11)19-2)20(17,18)16-12-6-8-15-9-7-12/h4-10H,3H2,1-2H3,(H,15,16). The van der Waals surface area contributed by atoms with Crippen LogP contribution in [0.3, 0.4) is 0 Å². The maximum atomic E-state index is 12.3. The average Bonchev–Trinajstić information content (AvgIpc) is 2.47. The van der Waals surface area contributed by atoms with Gasteiger partial charge in [-0.1, -0.05) is 6.92 Å². The fourth-order valence-electron chi connectivity index (χ4n) is 1.83. The highest BCUT2D eigenvalue weighted by molar-refractivity contribution is 7.92. The van der Waals surface area contributed by atoms with Crippen LogP contribution in [0.15, 0.2) is 47.6 Å². The van der Waals surface area contributed by atoms with E-state index in [1.54, 1.807) is 31.4 Å². The van der Waals surface area contributed by atoms with Gasteiger partial charge in [-0.3, -0.25) is 9.71 Å². The van der Waals surface area contributed by atoms with Gasteiger partial charge in [-0.15, -0.1) is 0 Å². The van der Waals surface area contributed by atoms with Gasteiger partial charge in [0.1, 0.15) is 5.75 Å². The number of nitrogens with one attached hydrogen (secondary N) is 1. The minimum atomic E-state index is -3.60. The first-order chi connectivity index (χ1) is 9.56. The molecule has 2 aromatic rings. The number of pyridine rings is 1. The van der Waals surface area contributed by atoms with Crippen LogP contribution in [0.25, 0.3) is 0 Å². The summed E-state index contributed by atoms with van der Waals surface area (Å²) >= 11 is 0. The minimum Gasteiger partial charge on any atom is -0.496 e. The van der Waals surface area contributed by atoms with Crippen LogP contribution in [-0.2, 0) is 16.4 Å². The molecule has 0 atom stereocenters. The number of aryl methyl sites for hydroxylation is 1. The Morgan fingerprint density at radius 2 is 1.90 bits per heavy atom. The molecule has 0 fully saturated rings. The molecule has 0 spiro atoms. The molecule has 1 N–H and O–H groups in total. The molecule has 0 unspecified atom stereocenters. The Labute approximate surface area is 118 Å². The van der Waals surface area contributed by atoms with Crippen LogP contribution in [0.2, 0.25) is 0 Å². The topological polar surface area (TPSA) is 68.3 Å². The Balaban J connectivity index is 2.35. The highest BCUT2D eigenvalue weighted by atomic mass is 32.2. The Morgan fingerprint density at radius 1 is 1.20 bits per heavy atom. The lowest BCUT2D eigenvalue weighted by Crippen LogP contribution is -2.13. The number of rotatable bonds is 5. The summed E-state index contributed by atoms with van der Waals surface area (Å²) in [6, 6.07) is 8.02. The van der Waals surface area contributed by atoms with E-state index in [2.05, 4.69) is 9.71 Å². The second kappa shape index (κ2) is 5.92. The van der Waals surface area contributed by atoms with Crippen molar-refractivity contribution in [3.8, 4) is 5.75 Å². The number of benzene rings is 1. The van der Waals surface area contributed by atoms with Gasteiger partial charge in [0.2, 0.25) is 0 Å². The van der Waals surface area contributed by atoms with Crippen molar-refractivity contribution in [2.24, 2.45) is 0 Å². The molecule has 1 heterocycles. The molecule has 0 aliphatic carbocycles. The maximum absolute atomic E-state index is 12.3. The molecule has 106 valence electrons. The lowest BCUT2D eigenvalue weighted by Gasteiger charge is -2.11. The first-order valence-corrected chi connectivity index (χ1v) is 7.65. The largest absolute Gasteiger partial charge is 0.496 e. The number of sulfonamides is 1. The molecule has 0 radical (unpaired) electrons. The molecule has 0 saturated carbocycles. The summed E-state index contributed by atoms with van der Waals surface area (Å²) in [6.07, 6.45) is 3.76. The summed E-state index contributed by atoms with van der Waals surface area (Å²) in [6.45, 7) is 1.95. The number of anilines is 1. The fraction of sp³-hybridized carbons (Fsp3) is 0.214. The zero-order valence-electron chi connectivity index (χ0n) is 11.3. The van der Waals surface area contributed by atoms with Crippen LogP contribution in [0.5, 0.6) is 5.75 Å². The van der Waals surface area contributed by atoms with Gasteiger partial charge in [-0.25, -0.2) is 8.42 Å². The van der Waals surface area contributed by atoms with Gasteiger partial charge in [0.25, 0.3) is 10.0 Å². The third-order valence-electron chi connectivity index (χ3n) is 2.88. The summed E-state index contributed by atoms with van der Waals surface area (Å²) in [7, 11) is -2.04. The summed E-state index contributed by atoms with van der Waals surface area (Å²) in [5.74, 6) is 0.690. The summed E-state index contributed by atoms with van der Waals surface area (Å²) in [4.78, 5) is 4.06. The van der Waals surface area contributed by atoms with E-state index in [9.17, 15) is 8.42 Å². The molecule has 1 aromatic heterocycles. The number of nitrogens with zero attached hydrogens (tertiary/aromatic N) is 1. The van der Waals surface area contributed by atoms with Gasteiger partial charge in [0, 0.05) is 12.4 Å². The molecule has 0 bridgehead atoms. The Kier molecular flexibility index (Phi) is 4.24. The molecule has 0 aliphatic heterocycles. The van der Waals surface area contributed by atoms with E-state index in [0.29, 0.717) is 17.9 Å². The SMILES string of the molecule is CCc1cc(S(=O)(=O)Nc2ccncc2)ccc1OC. The van der Waals surface area contributed by atoms with Crippen LogP contribution in [0, 0.1) is 0 Å². The van der Waals surface area contributed by atoms with Crippen LogP contribution in [0.1, 0.15) is 12.5 Å². The first kappa shape index (κ1) is 14.3. The molecule has 0 saturated heterocycles. The van der Waals surface area contributed by atoms with Gasteiger partial charge in [0.05, 0.1) is 17.7 Å². The van der Waals surface area contributed by atoms with Gasteiger partial charge in [0.15, 0.2) is 0 Å². The Bertz CT molecular complexity index is 685. The monoisotopic (exact) mass is 292 g/mol. The van der Waals surface area contributed by atoms with E-state index in [1.807, 2.05) is 6.92 Å². The Hall–Kier alpha value is -2.08. The molecule has 0 amide bonds. The smallest absolute Gasteiger partial charge is 0.261 e. The summed E-state index contributed by atoms with van der Waals surface area (Å²) in [5.41, 5.74) is 1.33. The number of hydrogen-bond donors (Lipinski definition) is 1. The highest BCUT2D eigenvalue weighted by Gasteiger charge is 2.16. The van der Waals surface area contributed by atoms with E-state index in [1.165, 1.54) is 18.5 Å². The van der Waals surface area contributed by atoms with Crippen molar-refractivity contribution in [2.45, 2.75) is 18.2 Å². The van der Waals surface area contributed by atoms with Crippen molar-refractivity contribution in [1.82, 2.24) is 4.98 Å². The number of hydrogen-bond acceptors (Lipinski definition) is 4. The summed E-state index contributed by atoms with van der Waals surface area (Å²) in [5, 5.41) is 0. The van der Waals surface area contributed by atoms with Gasteiger partial charge in [-0.05, 0) is 42.3 Å². The molecule has 20 heavy (non-hydrogen) atoms. The first-order valence-electron chi connectivity index (χ1n) is 6.16. The second-order valence-corrected chi connectivity index (χ2v) is 5.85. The van der Waals surface area contributed by atoms with Crippen molar-refractivity contribution >= 4 is 15.7 Å². The quantitative estimate of drug-likeness (QED) is 0.919. The van der Waals surface area contributed by atoms with Crippen LogP contribution < -0.4 is 9.46 Å². The van der Waals surface area contributed by atoms with Gasteiger partial charge in [-0.2, -0.15) is 0 Å². The number of ether oxygens (including phenoxy) is 1. The predicted octanol–water partition coefficient (Wildman–Crippen LogP) is 2.45. The van der Waals surface area contributed by atoms with E-state index >= 15 is 0 Å². The van der Waals surface area contributed by atoms with E-state index in [0.717, 1.165) is 5.56 Å². The summed E-state index contributed by atoms with van der Waals surface area (Å²) < 4.78 is 32.3. The van der Waals surface area contributed by atoms with Crippen molar-refractivity contribution < 1.29 is 13.2 Å². The molecule has 1 aromatic carbocycles. The molecule has 0 aliphatic rings. The van der Waals surface area contributed by atoms with Crippen molar-refractivity contribution in [3.63, 3.8) is 0 Å². The molecular formula is C14H16N2O3S. The third-order valence-corrected chi connectivity index (χ3v) is 4.25. The van der Waals surface area contributed by atoms with Crippen LogP contribution >= 0.6 is 0 Å². The molecule has 5 nitrogen and oxygen atoms in total. The number of aromatic nitrogens is 1. The zero-order valence-corrected chi connectivity index (χ0v) is 12.1. The Morgan fingerprint density at radius 3 is 2.50 bits per heavy atom. The lowest BCUT2D eigenvalue weighted by atomic mass is 10.1. The van der Waals surface area contributed by atoms with Crippen LogP contribution in [-0.4, -0.2) is 20.5 Å². The maximum Gasteiger partial charge on any atom is 0.261 e. The normalized spacial score (nSPS) is 11.1. The predicted molar refractivity (Wildman–Crippen MR) is 77.4 cm³/mol. The highest BCUT2D eigenvalue weighted by Crippen LogP contribution is 2.24. The van der Waals surface area contributed by atoms with Gasteiger partial charge < -0.3 is 4.74 Å². The lowest BCUT2D eigenvalue weighted by molar-refractivity contribution is 0.409. The fourth-order valence-corrected chi connectivity index (χ4v) is 2.94. The van der Waals surface area contributed by atoms with E-state index in [-0.39, 0.29) is 4.90 Å². The minimum absolute atomic E-state index is 0.215. The molecule has 2 rings (SSSR count). The zero-order chi connectivity index (χ0) is 14.6. The van der Waals surface area contributed by atoms with Crippen molar-refractivity contribution in [1.29, 1.82) is 0 Å². The molecular weight excluding hydrogens is 276 g/mol. The third kappa shape index (κ3) is 3.08. The van der Waals surface area contributed by atoms with Crippen molar-refractivity contribution in [3.05, 3.63) is 48.3 Å². The average molecular weight is 292 g/mol. The molecule has 6 heteroatoms. The van der Waals surface area contributed by atoms with Gasteiger partial charge >= 0.3 is 0 Å². The second-order valence-electron chi connectivity index (χ2n) is 4.17. The van der Waals surface area contributed by atoms with Crippen LogP contribution in [0.4, 0.5) is 5.69 Å². The van der Waals surface area contributed by atoms with E-state index < -0.39 is 10.0 Å². The number of methoxy groups -OCH3 is 1. The van der Waals surface area contributed by atoms with E-state index in [4.69, 9.17) is 4.74 Å².